The molecule has 0 amide bonds. The van der Waals surface area contributed by atoms with Gasteiger partial charge in [0.15, 0.2) is 5.69 Å². The zero-order valence-corrected chi connectivity index (χ0v) is 15.9. The van der Waals surface area contributed by atoms with Gasteiger partial charge < -0.3 is 14.0 Å². The van der Waals surface area contributed by atoms with Gasteiger partial charge in [0, 0.05) is 5.56 Å². The van der Waals surface area contributed by atoms with Gasteiger partial charge >= 0.3 is 6.36 Å². The Morgan fingerprint density at radius 2 is 1.81 bits per heavy atom. The summed E-state index contributed by atoms with van der Waals surface area (Å²) in [5.41, 5.74) is 2.95. The van der Waals surface area contributed by atoms with E-state index in [1.807, 2.05) is 41.1 Å². The van der Waals surface area contributed by atoms with Gasteiger partial charge in [0.05, 0.1) is 18.8 Å². The number of hydrogen-bond acceptors (Lipinski definition) is 6. The van der Waals surface area contributed by atoms with Crippen molar-refractivity contribution in [2.45, 2.75) is 25.6 Å². The molecule has 31 heavy (non-hydrogen) atoms. The van der Waals surface area contributed by atoms with E-state index in [1.54, 1.807) is 0 Å². The van der Waals surface area contributed by atoms with Crippen LogP contribution in [0.4, 0.5) is 13.2 Å². The predicted octanol–water partition coefficient (Wildman–Crippen LogP) is 4.77. The van der Waals surface area contributed by atoms with Crippen molar-refractivity contribution in [3.8, 4) is 28.7 Å². The summed E-state index contributed by atoms with van der Waals surface area (Å²) >= 11 is 0. The molecule has 0 saturated heterocycles. The highest BCUT2D eigenvalue weighted by molar-refractivity contribution is 5.59. The van der Waals surface area contributed by atoms with E-state index in [-0.39, 0.29) is 23.6 Å². The normalized spacial score (nSPS) is 16.2. The minimum Gasteiger partial charge on any atom is -0.406 e. The molecule has 2 aromatic heterocycles. The fraction of sp³-hybridized carbons (Fsp3) is 0.190. The highest BCUT2D eigenvalue weighted by Crippen LogP contribution is 2.30. The number of alkyl halides is 3. The molecule has 158 valence electrons. The van der Waals surface area contributed by atoms with Crippen LogP contribution in [0.1, 0.15) is 17.4 Å². The second kappa shape index (κ2) is 7.55. The number of fused-ring (bicyclic) bond motifs is 1. The first kappa shape index (κ1) is 19.3. The number of ether oxygens (including phenoxy) is 2. The van der Waals surface area contributed by atoms with Crippen LogP contribution in [0.2, 0.25) is 0 Å². The fourth-order valence-electron chi connectivity index (χ4n) is 3.35. The average molecular weight is 428 g/mol. The van der Waals surface area contributed by atoms with Crippen LogP contribution in [0.5, 0.6) is 5.75 Å². The molecule has 0 spiro atoms. The number of benzene rings is 2. The zero-order valence-electron chi connectivity index (χ0n) is 15.9. The van der Waals surface area contributed by atoms with Crippen molar-refractivity contribution >= 4 is 0 Å². The second-order valence-corrected chi connectivity index (χ2v) is 6.91. The molecule has 0 bridgehead atoms. The molecule has 3 heterocycles. The summed E-state index contributed by atoms with van der Waals surface area (Å²) < 4.78 is 53.9. The maximum absolute atomic E-state index is 12.3. The van der Waals surface area contributed by atoms with Gasteiger partial charge in [-0.25, -0.2) is 0 Å². The smallest absolute Gasteiger partial charge is 0.406 e. The SMILES string of the molecule is FC(F)(F)Oc1ccc(-c2noc(-c3cc4n(n3)C[C@@H](c3ccccc3)OC4)n2)cc1. The van der Waals surface area contributed by atoms with E-state index in [4.69, 9.17) is 9.26 Å². The Bertz CT molecular complexity index is 1190. The summed E-state index contributed by atoms with van der Waals surface area (Å²) in [6.07, 6.45) is -4.85. The van der Waals surface area contributed by atoms with E-state index >= 15 is 0 Å². The van der Waals surface area contributed by atoms with Gasteiger partial charge in [-0.2, -0.15) is 10.1 Å². The van der Waals surface area contributed by atoms with Crippen LogP contribution in [-0.4, -0.2) is 26.3 Å². The summed E-state index contributed by atoms with van der Waals surface area (Å²) in [6.45, 7) is 0.954. The largest absolute Gasteiger partial charge is 0.573 e. The Balaban J connectivity index is 1.34. The van der Waals surface area contributed by atoms with Gasteiger partial charge in [-0.1, -0.05) is 35.5 Å². The van der Waals surface area contributed by atoms with Gasteiger partial charge in [0.2, 0.25) is 5.82 Å². The third-order valence-electron chi connectivity index (χ3n) is 4.80. The lowest BCUT2D eigenvalue weighted by atomic mass is 10.1. The Labute approximate surface area is 174 Å². The highest BCUT2D eigenvalue weighted by atomic mass is 19.4. The molecule has 0 unspecified atom stereocenters. The Morgan fingerprint density at radius 3 is 2.55 bits per heavy atom. The van der Waals surface area contributed by atoms with Gasteiger partial charge in [0.1, 0.15) is 11.9 Å². The molecule has 1 aliphatic heterocycles. The zero-order chi connectivity index (χ0) is 21.4. The van der Waals surface area contributed by atoms with Crippen LogP contribution in [0, 0.1) is 0 Å². The minimum atomic E-state index is -4.75. The molecule has 1 aliphatic rings. The van der Waals surface area contributed by atoms with Crippen molar-refractivity contribution < 1.29 is 27.2 Å². The predicted molar refractivity (Wildman–Crippen MR) is 102 cm³/mol. The molecule has 5 rings (SSSR count). The lowest BCUT2D eigenvalue weighted by molar-refractivity contribution is -0.274. The molecule has 0 fully saturated rings. The second-order valence-electron chi connectivity index (χ2n) is 6.91. The van der Waals surface area contributed by atoms with E-state index in [0.717, 1.165) is 11.3 Å². The monoisotopic (exact) mass is 428 g/mol. The maximum atomic E-state index is 12.3. The number of rotatable bonds is 4. The first-order valence-electron chi connectivity index (χ1n) is 9.38. The molecule has 4 aromatic rings. The Kier molecular flexibility index (Phi) is 4.70. The van der Waals surface area contributed by atoms with Gasteiger partial charge in [-0.3, -0.25) is 4.68 Å². The van der Waals surface area contributed by atoms with Crippen LogP contribution in [0.25, 0.3) is 23.0 Å². The van der Waals surface area contributed by atoms with E-state index in [0.29, 0.717) is 24.4 Å². The van der Waals surface area contributed by atoms with Crippen LogP contribution in [0.15, 0.2) is 65.2 Å². The molecule has 0 aliphatic carbocycles. The fourth-order valence-corrected chi connectivity index (χ4v) is 3.35. The average Bonchev–Trinajstić information content (AvgIpc) is 3.40. The quantitative estimate of drug-likeness (QED) is 0.466. The van der Waals surface area contributed by atoms with Gasteiger partial charge in [0.25, 0.3) is 5.89 Å². The Hall–Kier alpha value is -3.66. The molecule has 2 aromatic carbocycles. The summed E-state index contributed by atoms with van der Waals surface area (Å²) in [5, 5.41) is 8.46. The van der Waals surface area contributed by atoms with Crippen molar-refractivity contribution in [3.63, 3.8) is 0 Å². The minimum absolute atomic E-state index is 0.0999. The van der Waals surface area contributed by atoms with E-state index < -0.39 is 6.36 Å². The molecular weight excluding hydrogens is 413 g/mol. The van der Waals surface area contributed by atoms with Crippen LogP contribution >= 0.6 is 0 Å². The molecule has 0 N–H and O–H groups in total. The first-order valence-corrected chi connectivity index (χ1v) is 9.38. The third-order valence-corrected chi connectivity index (χ3v) is 4.80. The summed E-state index contributed by atoms with van der Waals surface area (Å²) in [6, 6.07) is 16.9. The third kappa shape index (κ3) is 4.15. The lowest BCUT2D eigenvalue weighted by Gasteiger charge is -2.24. The molecule has 7 nitrogen and oxygen atoms in total. The molecular formula is C21H15F3N4O3. The maximum Gasteiger partial charge on any atom is 0.573 e. The number of halogens is 3. The molecule has 0 radical (unpaired) electrons. The molecule has 10 heteroatoms. The van der Waals surface area contributed by atoms with Crippen LogP contribution in [-0.2, 0) is 17.9 Å². The summed E-state index contributed by atoms with van der Waals surface area (Å²) in [7, 11) is 0. The lowest BCUT2D eigenvalue weighted by Crippen LogP contribution is -2.21. The van der Waals surface area contributed by atoms with Gasteiger partial charge in [-0.15, -0.1) is 13.2 Å². The van der Waals surface area contributed by atoms with E-state index in [1.165, 1.54) is 24.3 Å². The number of aromatic nitrogens is 4. The van der Waals surface area contributed by atoms with Crippen molar-refractivity contribution in [1.82, 2.24) is 19.9 Å². The number of hydrogen-bond donors (Lipinski definition) is 0. The molecule has 1 atom stereocenters. The summed E-state index contributed by atoms with van der Waals surface area (Å²) in [5.74, 6) is 0.122. The first-order chi connectivity index (χ1) is 14.9. The van der Waals surface area contributed by atoms with Crippen molar-refractivity contribution in [3.05, 3.63) is 71.9 Å². The van der Waals surface area contributed by atoms with Crippen molar-refractivity contribution in [2.75, 3.05) is 0 Å². The molecule has 0 saturated carbocycles. The van der Waals surface area contributed by atoms with Crippen molar-refractivity contribution in [1.29, 1.82) is 0 Å². The van der Waals surface area contributed by atoms with Crippen LogP contribution in [0.3, 0.4) is 0 Å². The Morgan fingerprint density at radius 1 is 1.03 bits per heavy atom. The van der Waals surface area contributed by atoms with Crippen LogP contribution < -0.4 is 4.74 Å². The van der Waals surface area contributed by atoms with E-state index in [9.17, 15) is 13.2 Å². The number of nitrogens with zero attached hydrogens (tertiary/aromatic N) is 4. The van der Waals surface area contributed by atoms with Gasteiger partial charge in [-0.05, 0) is 35.9 Å². The standard InChI is InChI=1S/C21H15F3N4O3/c22-21(23,24)30-16-8-6-14(7-9-16)19-25-20(31-27-19)17-10-15-12-29-18(11-28(15)26-17)13-4-2-1-3-5-13/h1-10,18H,11-12H2/t18-/m0/s1. The van der Waals surface area contributed by atoms with Crippen molar-refractivity contribution in [2.24, 2.45) is 0 Å². The summed E-state index contributed by atoms with van der Waals surface area (Å²) in [4.78, 5) is 4.32. The highest BCUT2D eigenvalue weighted by Gasteiger charge is 2.31. The topological polar surface area (TPSA) is 75.2 Å². The van der Waals surface area contributed by atoms with E-state index in [2.05, 4.69) is 20.0 Å².